The van der Waals surface area contributed by atoms with E-state index in [1.807, 2.05) is 41.9 Å². The lowest BCUT2D eigenvalue weighted by molar-refractivity contribution is -0.120. The van der Waals surface area contributed by atoms with E-state index in [1.54, 1.807) is 32.4 Å². The minimum absolute atomic E-state index is 0.0442. The monoisotopic (exact) mass is 486 g/mol. The van der Waals surface area contributed by atoms with Crippen molar-refractivity contribution in [2.75, 3.05) is 37.5 Å². The summed E-state index contributed by atoms with van der Waals surface area (Å²) in [5.41, 5.74) is 4.29. The van der Waals surface area contributed by atoms with E-state index in [-0.39, 0.29) is 11.8 Å². The second kappa shape index (κ2) is 9.85. The Bertz CT molecular complexity index is 1380. The smallest absolute Gasteiger partial charge is 0.229 e. The van der Waals surface area contributed by atoms with Gasteiger partial charge in [0.05, 0.1) is 42.6 Å². The SMILES string of the molecule is COc1cc(NC(=O)C2CCCN(c3nnc(C)c4c(C)n(-c5ccccc5)nc34)C2)cc(OC)c1. The first-order valence-electron chi connectivity index (χ1n) is 12.1. The topological polar surface area (TPSA) is 94.4 Å². The first-order valence-corrected chi connectivity index (χ1v) is 12.1. The largest absolute Gasteiger partial charge is 0.497 e. The number of methoxy groups -OCH3 is 2. The Morgan fingerprint density at radius 3 is 2.44 bits per heavy atom. The van der Waals surface area contributed by atoms with Crippen molar-refractivity contribution in [2.45, 2.75) is 26.7 Å². The Hall–Kier alpha value is -4.14. The molecule has 0 bridgehead atoms. The van der Waals surface area contributed by atoms with Crippen LogP contribution < -0.4 is 19.7 Å². The fraction of sp³-hybridized carbons (Fsp3) is 0.333. The van der Waals surface area contributed by atoms with Crippen LogP contribution in [-0.2, 0) is 4.79 Å². The molecule has 1 saturated heterocycles. The van der Waals surface area contributed by atoms with Crippen LogP contribution in [0.15, 0.2) is 48.5 Å². The van der Waals surface area contributed by atoms with E-state index in [0.717, 1.165) is 47.4 Å². The summed E-state index contributed by atoms with van der Waals surface area (Å²) in [6.07, 6.45) is 1.66. The van der Waals surface area contributed by atoms with Crippen LogP contribution in [0.1, 0.15) is 24.2 Å². The van der Waals surface area contributed by atoms with Crippen LogP contribution in [0.2, 0.25) is 0 Å². The lowest BCUT2D eigenvalue weighted by Crippen LogP contribution is -2.41. The van der Waals surface area contributed by atoms with Crippen molar-refractivity contribution in [3.8, 4) is 17.2 Å². The molecule has 1 N–H and O–H groups in total. The molecule has 0 radical (unpaired) electrons. The second-order valence-corrected chi connectivity index (χ2v) is 9.04. The summed E-state index contributed by atoms with van der Waals surface area (Å²) in [6.45, 7) is 5.34. The second-order valence-electron chi connectivity index (χ2n) is 9.04. The summed E-state index contributed by atoms with van der Waals surface area (Å²) in [6, 6.07) is 15.4. The fourth-order valence-electron chi connectivity index (χ4n) is 4.85. The number of nitrogens with zero attached hydrogens (tertiary/aromatic N) is 5. The number of aryl methyl sites for hydroxylation is 2. The molecule has 9 nitrogen and oxygen atoms in total. The van der Waals surface area contributed by atoms with Crippen molar-refractivity contribution in [1.29, 1.82) is 0 Å². The van der Waals surface area contributed by atoms with Crippen LogP contribution in [0.4, 0.5) is 11.5 Å². The Balaban J connectivity index is 1.42. The Morgan fingerprint density at radius 2 is 1.75 bits per heavy atom. The summed E-state index contributed by atoms with van der Waals surface area (Å²) in [5, 5.41) is 18.0. The number of anilines is 2. The number of carbonyl (C=O) groups is 1. The lowest BCUT2D eigenvalue weighted by atomic mass is 9.96. The molecular weight excluding hydrogens is 456 g/mol. The maximum absolute atomic E-state index is 13.2. The number of para-hydroxylation sites is 1. The molecule has 0 spiro atoms. The molecule has 0 aliphatic carbocycles. The quantitative estimate of drug-likeness (QED) is 0.434. The van der Waals surface area contributed by atoms with Gasteiger partial charge in [0, 0.05) is 37.0 Å². The maximum Gasteiger partial charge on any atom is 0.229 e. The average Bonchev–Trinajstić information content (AvgIpc) is 3.27. The van der Waals surface area contributed by atoms with E-state index in [1.165, 1.54) is 0 Å². The molecule has 186 valence electrons. The van der Waals surface area contributed by atoms with Crippen molar-refractivity contribution in [3.63, 3.8) is 0 Å². The minimum Gasteiger partial charge on any atom is -0.497 e. The van der Waals surface area contributed by atoms with E-state index in [2.05, 4.69) is 27.3 Å². The van der Waals surface area contributed by atoms with Gasteiger partial charge in [0.25, 0.3) is 0 Å². The summed E-state index contributed by atoms with van der Waals surface area (Å²) in [7, 11) is 3.17. The van der Waals surface area contributed by atoms with E-state index < -0.39 is 0 Å². The average molecular weight is 487 g/mol. The molecule has 4 aromatic rings. The fourth-order valence-corrected chi connectivity index (χ4v) is 4.85. The van der Waals surface area contributed by atoms with Gasteiger partial charge in [-0.2, -0.15) is 10.2 Å². The van der Waals surface area contributed by atoms with Crippen LogP contribution >= 0.6 is 0 Å². The number of ether oxygens (including phenoxy) is 2. The number of carbonyl (C=O) groups excluding carboxylic acids is 1. The number of hydrogen-bond acceptors (Lipinski definition) is 7. The zero-order valence-corrected chi connectivity index (χ0v) is 21.0. The molecule has 1 aliphatic heterocycles. The van der Waals surface area contributed by atoms with Gasteiger partial charge in [-0.25, -0.2) is 4.68 Å². The third kappa shape index (κ3) is 4.44. The molecule has 9 heteroatoms. The van der Waals surface area contributed by atoms with Gasteiger partial charge in [0.15, 0.2) is 5.82 Å². The van der Waals surface area contributed by atoms with Crippen LogP contribution in [0.5, 0.6) is 11.5 Å². The first-order chi connectivity index (χ1) is 17.5. The zero-order valence-electron chi connectivity index (χ0n) is 21.0. The first kappa shape index (κ1) is 23.6. The van der Waals surface area contributed by atoms with Crippen LogP contribution in [-0.4, -0.2) is 53.2 Å². The van der Waals surface area contributed by atoms with E-state index in [4.69, 9.17) is 14.6 Å². The Labute approximate surface area is 210 Å². The van der Waals surface area contributed by atoms with Crippen molar-refractivity contribution in [2.24, 2.45) is 5.92 Å². The van der Waals surface area contributed by atoms with Gasteiger partial charge in [-0.05, 0) is 38.8 Å². The summed E-state index contributed by atoms with van der Waals surface area (Å²) in [5.74, 6) is 1.71. The number of aromatic nitrogens is 4. The highest BCUT2D eigenvalue weighted by Crippen LogP contribution is 2.32. The van der Waals surface area contributed by atoms with Gasteiger partial charge in [0.2, 0.25) is 5.91 Å². The van der Waals surface area contributed by atoms with Crippen molar-refractivity contribution in [3.05, 3.63) is 59.9 Å². The summed E-state index contributed by atoms with van der Waals surface area (Å²) >= 11 is 0. The number of rotatable bonds is 6. The predicted octanol–water partition coefficient (Wildman–Crippen LogP) is 4.30. The number of benzene rings is 2. The summed E-state index contributed by atoms with van der Waals surface area (Å²) < 4.78 is 12.6. The standard InChI is InChI=1S/C27H30N6O3/c1-17-24-18(2)33(21-10-6-5-7-11-21)31-25(24)26(30-29-17)32-12-8-9-19(16-32)27(34)28-20-13-22(35-3)15-23(14-20)36-4/h5-7,10-11,13-15,19H,8-9,12,16H2,1-4H3,(H,28,34). The van der Waals surface area contributed by atoms with E-state index >= 15 is 0 Å². The van der Waals surface area contributed by atoms with E-state index in [9.17, 15) is 4.79 Å². The Morgan fingerprint density at radius 1 is 1.03 bits per heavy atom. The van der Waals surface area contributed by atoms with Gasteiger partial charge < -0.3 is 19.7 Å². The van der Waals surface area contributed by atoms with Gasteiger partial charge in [-0.1, -0.05) is 18.2 Å². The molecule has 2 aromatic heterocycles. The van der Waals surface area contributed by atoms with Crippen molar-refractivity contribution < 1.29 is 14.3 Å². The molecule has 36 heavy (non-hydrogen) atoms. The molecule has 1 amide bonds. The van der Waals surface area contributed by atoms with Crippen LogP contribution in [0.25, 0.3) is 16.6 Å². The normalized spacial score (nSPS) is 15.7. The molecule has 5 rings (SSSR count). The van der Waals surface area contributed by atoms with Crippen molar-refractivity contribution >= 4 is 28.3 Å². The molecule has 3 heterocycles. The molecule has 1 aliphatic rings. The minimum atomic E-state index is -0.202. The summed E-state index contributed by atoms with van der Waals surface area (Å²) in [4.78, 5) is 15.4. The van der Waals surface area contributed by atoms with E-state index in [0.29, 0.717) is 29.5 Å². The third-order valence-corrected chi connectivity index (χ3v) is 6.70. The molecule has 1 fully saturated rings. The zero-order chi connectivity index (χ0) is 25.2. The van der Waals surface area contributed by atoms with Gasteiger partial charge in [-0.3, -0.25) is 4.79 Å². The van der Waals surface area contributed by atoms with Crippen LogP contribution in [0, 0.1) is 19.8 Å². The maximum atomic E-state index is 13.2. The highest BCUT2D eigenvalue weighted by molar-refractivity contribution is 5.95. The molecule has 1 unspecified atom stereocenters. The number of nitrogens with one attached hydrogen (secondary N) is 1. The highest BCUT2D eigenvalue weighted by Gasteiger charge is 2.29. The van der Waals surface area contributed by atoms with Crippen LogP contribution in [0.3, 0.4) is 0 Å². The molecule has 1 atom stereocenters. The molecule has 2 aromatic carbocycles. The lowest BCUT2D eigenvalue weighted by Gasteiger charge is -2.32. The highest BCUT2D eigenvalue weighted by atomic mass is 16.5. The number of hydrogen-bond donors (Lipinski definition) is 1. The number of fused-ring (bicyclic) bond motifs is 1. The van der Waals surface area contributed by atoms with Gasteiger partial charge in [-0.15, -0.1) is 5.10 Å². The van der Waals surface area contributed by atoms with Crippen molar-refractivity contribution in [1.82, 2.24) is 20.0 Å². The molecule has 0 saturated carbocycles. The Kier molecular flexibility index (Phi) is 6.45. The number of piperidine rings is 1. The third-order valence-electron chi connectivity index (χ3n) is 6.70. The number of amides is 1. The van der Waals surface area contributed by atoms with Gasteiger partial charge >= 0.3 is 0 Å². The molecular formula is C27H30N6O3. The predicted molar refractivity (Wildman–Crippen MR) is 139 cm³/mol. The van der Waals surface area contributed by atoms with Gasteiger partial charge in [0.1, 0.15) is 17.0 Å².